The molecule has 0 N–H and O–H groups in total. The van der Waals surface area contributed by atoms with Crippen LogP contribution in [0.4, 0.5) is 11.8 Å². The smallest absolute Gasteiger partial charge is 0.245 e. The molecule has 3 rings (SSSR count). The SMILES string of the molecule is CCCC(C(=O)N1CCc2c(nc(N(C)C)nc2N(C)C)C1)n1cccc1. The van der Waals surface area contributed by atoms with Gasteiger partial charge >= 0.3 is 0 Å². The standard InChI is InChI=1S/C20H30N6O/c1-6-9-17(25-11-7-8-12-25)19(27)26-13-10-15-16(14-26)21-20(24(4)5)22-18(15)23(2)3/h7-8,11-12,17H,6,9-10,13-14H2,1-5H3. The van der Waals surface area contributed by atoms with Crippen molar-refractivity contribution in [3.63, 3.8) is 0 Å². The Hall–Kier alpha value is -2.57. The van der Waals surface area contributed by atoms with Crippen molar-refractivity contribution in [2.45, 2.75) is 38.8 Å². The van der Waals surface area contributed by atoms with Crippen LogP contribution in [0.15, 0.2) is 24.5 Å². The van der Waals surface area contributed by atoms with Crippen molar-refractivity contribution in [1.82, 2.24) is 19.4 Å². The average Bonchev–Trinajstić information content (AvgIpc) is 3.18. The van der Waals surface area contributed by atoms with Crippen molar-refractivity contribution in [2.75, 3.05) is 44.5 Å². The van der Waals surface area contributed by atoms with Crippen molar-refractivity contribution >= 4 is 17.7 Å². The molecule has 0 bridgehead atoms. The summed E-state index contributed by atoms with van der Waals surface area (Å²) in [6, 6.07) is 3.80. The number of aromatic nitrogens is 3. The molecule has 0 radical (unpaired) electrons. The Bertz CT molecular complexity index is 784. The minimum atomic E-state index is -0.143. The summed E-state index contributed by atoms with van der Waals surface area (Å²) in [5.41, 5.74) is 2.11. The number of nitrogens with zero attached hydrogens (tertiary/aromatic N) is 6. The van der Waals surface area contributed by atoms with Crippen LogP contribution < -0.4 is 9.80 Å². The fourth-order valence-electron chi connectivity index (χ4n) is 3.60. The van der Waals surface area contributed by atoms with Crippen LogP contribution in [0.2, 0.25) is 0 Å². The molecule has 3 heterocycles. The Morgan fingerprint density at radius 1 is 1.15 bits per heavy atom. The van der Waals surface area contributed by atoms with Crippen LogP contribution in [0, 0.1) is 0 Å². The highest BCUT2D eigenvalue weighted by Crippen LogP contribution is 2.29. The van der Waals surface area contributed by atoms with Crippen molar-refractivity contribution < 1.29 is 4.79 Å². The Balaban J connectivity index is 1.89. The molecule has 7 nitrogen and oxygen atoms in total. The first kappa shape index (κ1) is 19.2. The lowest BCUT2D eigenvalue weighted by Gasteiger charge is -2.33. The summed E-state index contributed by atoms with van der Waals surface area (Å²) in [6.07, 6.45) is 6.55. The summed E-state index contributed by atoms with van der Waals surface area (Å²) in [5.74, 6) is 1.81. The van der Waals surface area contributed by atoms with Crippen LogP contribution in [0.3, 0.4) is 0 Å². The highest BCUT2D eigenvalue weighted by molar-refractivity contribution is 5.81. The lowest BCUT2D eigenvalue weighted by atomic mass is 10.0. The average molecular weight is 371 g/mol. The minimum absolute atomic E-state index is 0.143. The third-order valence-corrected chi connectivity index (χ3v) is 5.00. The molecule has 0 aliphatic carbocycles. The van der Waals surface area contributed by atoms with E-state index in [4.69, 9.17) is 9.97 Å². The van der Waals surface area contributed by atoms with Crippen molar-refractivity contribution in [3.8, 4) is 0 Å². The summed E-state index contributed by atoms with van der Waals surface area (Å²) < 4.78 is 2.03. The van der Waals surface area contributed by atoms with Gasteiger partial charge in [-0.25, -0.2) is 4.98 Å². The molecule has 0 aromatic carbocycles. The molecule has 1 atom stereocenters. The second-order valence-electron chi connectivity index (χ2n) is 7.51. The van der Waals surface area contributed by atoms with E-state index in [2.05, 4.69) is 6.92 Å². The second-order valence-corrected chi connectivity index (χ2v) is 7.51. The normalized spacial score (nSPS) is 14.6. The molecule has 146 valence electrons. The van der Waals surface area contributed by atoms with Crippen LogP contribution in [-0.4, -0.2) is 60.1 Å². The summed E-state index contributed by atoms with van der Waals surface area (Å²) in [6.45, 7) is 3.37. The fourth-order valence-corrected chi connectivity index (χ4v) is 3.60. The van der Waals surface area contributed by atoms with E-state index in [1.54, 1.807) is 0 Å². The highest BCUT2D eigenvalue weighted by Gasteiger charge is 2.30. The van der Waals surface area contributed by atoms with Crippen molar-refractivity contribution in [1.29, 1.82) is 0 Å². The topological polar surface area (TPSA) is 57.5 Å². The molecule has 27 heavy (non-hydrogen) atoms. The Labute approximate surface area is 161 Å². The van der Waals surface area contributed by atoms with Crippen molar-refractivity contribution in [2.24, 2.45) is 0 Å². The Morgan fingerprint density at radius 3 is 2.44 bits per heavy atom. The van der Waals surface area contributed by atoms with Gasteiger partial charge in [0.1, 0.15) is 11.9 Å². The van der Waals surface area contributed by atoms with Gasteiger partial charge in [0.2, 0.25) is 11.9 Å². The van der Waals surface area contributed by atoms with E-state index in [-0.39, 0.29) is 11.9 Å². The van der Waals surface area contributed by atoms with Crippen molar-refractivity contribution in [3.05, 3.63) is 35.8 Å². The molecule has 0 saturated carbocycles. The number of hydrogen-bond donors (Lipinski definition) is 0. The molecule has 1 unspecified atom stereocenters. The van der Waals surface area contributed by atoms with E-state index < -0.39 is 0 Å². The monoisotopic (exact) mass is 370 g/mol. The van der Waals surface area contributed by atoms with Crippen LogP contribution in [-0.2, 0) is 17.8 Å². The predicted octanol–water partition coefficient (Wildman–Crippen LogP) is 2.34. The van der Waals surface area contributed by atoms with E-state index in [0.29, 0.717) is 19.0 Å². The van der Waals surface area contributed by atoms with Gasteiger partial charge in [-0.3, -0.25) is 4.79 Å². The van der Waals surface area contributed by atoms with E-state index in [1.165, 1.54) is 0 Å². The molecule has 0 spiro atoms. The summed E-state index contributed by atoms with van der Waals surface area (Å²) in [7, 11) is 7.89. The number of anilines is 2. The molecule has 2 aromatic rings. The number of carbonyl (C=O) groups excluding carboxylic acids is 1. The van der Waals surface area contributed by atoms with E-state index in [0.717, 1.165) is 36.3 Å². The maximum Gasteiger partial charge on any atom is 0.245 e. The molecule has 1 aliphatic rings. The molecular weight excluding hydrogens is 340 g/mol. The maximum atomic E-state index is 13.3. The zero-order chi connectivity index (χ0) is 19.6. The van der Waals surface area contributed by atoms with E-state index in [9.17, 15) is 4.79 Å². The minimum Gasteiger partial charge on any atom is -0.362 e. The van der Waals surface area contributed by atoms with Crippen LogP contribution in [0.1, 0.15) is 37.1 Å². The lowest BCUT2D eigenvalue weighted by Crippen LogP contribution is -2.41. The first-order chi connectivity index (χ1) is 12.9. The Kier molecular flexibility index (Phi) is 5.68. The quantitative estimate of drug-likeness (QED) is 0.781. The van der Waals surface area contributed by atoms with Gasteiger partial charge < -0.3 is 19.3 Å². The zero-order valence-corrected chi connectivity index (χ0v) is 17.0. The van der Waals surface area contributed by atoms with Gasteiger partial charge in [-0.15, -0.1) is 0 Å². The zero-order valence-electron chi connectivity index (χ0n) is 17.0. The largest absolute Gasteiger partial charge is 0.362 e. The first-order valence-electron chi connectivity index (χ1n) is 9.58. The van der Waals surface area contributed by atoms with Gasteiger partial charge in [-0.2, -0.15) is 4.98 Å². The number of carbonyl (C=O) groups is 1. The summed E-state index contributed by atoms with van der Waals surface area (Å²) in [4.78, 5) is 28.6. The second kappa shape index (κ2) is 7.98. The van der Waals surface area contributed by atoms with Gasteiger partial charge in [0, 0.05) is 52.7 Å². The molecule has 2 aromatic heterocycles. The molecule has 0 fully saturated rings. The van der Waals surface area contributed by atoms with E-state index in [1.807, 2.05) is 72.0 Å². The first-order valence-corrected chi connectivity index (χ1v) is 9.58. The molecule has 1 aliphatic heterocycles. The maximum absolute atomic E-state index is 13.3. The molecule has 7 heteroatoms. The lowest BCUT2D eigenvalue weighted by molar-refractivity contribution is -0.136. The molecular formula is C20H30N6O. The number of fused-ring (bicyclic) bond motifs is 1. The molecule has 0 saturated heterocycles. The predicted molar refractivity (Wildman–Crippen MR) is 108 cm³/mol. The van der Waals surface area contributed by atoms with Gasteiger partial charge in [0.15, 0.2) is 0 Å². The third-order valence-electron chi connectivity index (χ3n) is 5.00. The van der Waals surface area contributed by atoms with Crippen LogP contribution in [0.5, 0.6) is 0 Å². The van der Waals surface area contributed by atoms with Crippen LogP contribution in [0.25, 0.3) is 0 Å². The van der Waals surface area contributed by atoms with Crippen LogP contribution >= 0.6 is 0 Å². The third kappa shape index (κ3) is 3.91. The fraction of sp³-hybridized carbons (Fsp3) is 0.550. The van der Waals surface area contributed by atoms with Gasteiger partial charge in [-0.05, 0) is 25.0 Å². The van der Waals surface area contributed by atoms with E-state index >= 15 is 0 Å². The number of rotatable bonds is 6. The van der Waals surface area contributed by atoms with Gasteiger partial charge in [-0.1, -0.05) is 13.3 Å². The number of amides is 1. The van der Waals surface area contributed by atoms with Gasteiger partial charge in [0.25, 0.3) is 0 Å². The van der Waals surface area contributed by atoms with Gasteiger partial charge in [0.05, 0.1) is 12.2 Å². The summed E-state index contributed by atoms with van der Waals surface area (Å²) >= 11 is 0. The molecule has 1 amide bonds. The highest BCUT2D eigenvalue weighted by atomic mass is 16.2. The summed E-state index contributed by atoms with van der Waals surface area (Å²) in [5, 5.41) is 0. The Morgan fingerprint density at radius 2 is 1.85 bits per heavy atom. The number of hydrogen-bond acceptors (Lipinski definition) is 5.